The van der Waals surface area contributed by atoms with E-state index in [-0.39, 0.29) is 5.76 Å². The Hall–Kier alpha value is -0.960. The van der Waals surface area contributed by atoms with Gasteiger partial charge in [0.2, 0.25) is 5.76 Å². The van der Waals surface area contributed by atoms with Gasteiger partial charge < -0.3 is 9.15 Å². The molecule has 1 heterocycles. The van der Waals surface area contributed by atoms with E-state index in [4.69, 9.17) is 20.8 Å². The molecule has 1 rings (SSSR count). The molecule has 0 aliphatic rings. The molecule has 0 saturated carbocycles. The molecule has 0 amide bonds. The minimum atomic E-state index is -0.391. The van der Waals surface area contributed by atoms with Crippen molar-refractivity contribution in [2.24, 2.45) is 0 Å². The zero-order valence-corrected chi connectivity index (χ0v) is 9.33. The lowest BCUT2D eigenvalue weighted by molar-refractivity contribution is 0.0461. The molecule has 0 N–H and O–H groups in total. The van der Waals surface area contributed by atoms with E-state index in [9.17, 15) is 4.79 Å². The van der Waals surface area contributed by atoms with Crippen molar-refractivity contribution in [2.75, 3.05) is 12.5 Å². The van der Waals surface area contributed by atoms with Gasteiger partial charge in [-0.15, -0.1) is 11.6 Å². The van der Waals surface area contributed by atoms with Gasteiger partial charge in [0.05, 0.1) is 12.9 Å². The van der Waals surface area contributed by atoms with Crippen LogP contribution in [0.15, 0.2) is 22.8 Å². The molecule has 0 bridgehead atoms. The number of furan rings is 1. The molecule has 1 aromatic rings. The first-order chi connectivity index (χ1) is 7.34. The second-order valence-corrected chi connectivity index (χ2v) is 3.59. The molecule has 0 radical (unpaired) electrons. The number of halogens is 1. The molecule has 0 spiro atoms. The average Bonchev–Trinajstić information content (AvgIpc) is 2.76. The van der Waals surface area contributed by atoms with Crippen LogP contribution in [0.3, 0.4) is 0 Å². The lowest BCUT2D eigenvalue weighted by Gasteiger charge is -2.02. The molecule has 0 atom stereocenters. The summed E-state index contributed by atoms with van der Waals surface area (Å²) < 4.78 is 9.90. The number of carbonyl (C=O) groups is 1. The van der Waals surface area contributed by atoms with Gasteiger partial charge in [-0.2, -0.15) is 0 Å². The molecule has 15 heavy (non-hydrogen) atoms. The zero-order valence-electron chi connectivity index (χ0n) is 8.58. The third-order valence-corrected chi connectivity index (χ3v) is 2.25. The number of unbranched alkanes of at least 4 members (excludes halogenated alkanes) is 3. The SMILES string of the molecule is O=C(OCCCCCCCl)c1ccco1. The highest BCUT2D eigenvalue weighted by Crippen LogP contribution is 2.05. The smallest absolute Gasteiger partial charge is 0.374 e. The Kier molecular flexibility index (Phi) is 5.93. The quantitative estimate of drug-likeness (QED) is 0.410. The molecular formula is C11H15ClO3. The van der Waals surface area contributed by atoms with Crippen molar-refractivity contribution in [3.05, 3.63) is 24.2 Å². The van der Waals surface area contributed by atoms with Crippen molar-refractivity contribution in [3.8, 4) is 0 Å². The number of carbonyl (C=O) groups excluding carboxylic acids is 1. The predicted molar refractivity (Wildman–Crippen MR) is 58.2 cm³/mol. The van der Waals surface area contributed by atoms with Crippen LogP contribution in [0.5, 0.6) is 0 Å². The molecule has 1 aromatic heterocycles. The van der Waals surface area contributed by atoms with E-state index in [0.29, 0.717) is 12.5 Å². The molecule has 0 fully saturated rings. The molecule has 0 aliphatic carbocycles. The van der Waals surface area contributed by atoms with Gasteiger partial charge in [-0.05, 0) is 25.0 Å². The molecule has 0 unspecified atom stereocenters. The summed E-state index contributed by atoms with van der Waals surface area (Å²) in [6.45, 7) is 0.446. The number of ether oxygens (including phenoxy) is 1. The standard InChI is InChI=1S/C11H15ClO3/c12-7-3-1-2-4-8-15-11(13)10-6-5-9-14-10/h5-6,9H,1-4,7-8H2. The first kappa shape index (κ1) is 12.1. The van der Waals surface area contributed by atoms with Gasteiger partial charge in [-0.3, -0.25) is 0 Å². The van der Waals surface area contributed by atoms with Gasteiger partial charge in [0, 0.05) is 5.88 Å². The maximum Gasteiger partial charge on any atom is 0.374 e. The van der Waals surface area contributed by atoms with Crippen LogP contribution in [0.25, 0.3) is 0 Å². The third kappa shape index (κ3) is 4.88. The van der Waals surface area contributed by atoms with Gasteiger partial charge in [0.1, 0.15) is 0 Å². The Morgan fingerprint density at radius 1 is 1.33 bits per heavy atom. The van der Waals surface area contributed by atoms with Gasteiger partial charge in [0.25, 0.3) is 0 Å². The van der Waals surface area contributed by atoms with Gasteiger partial charge in [-0.25, -0.2) is 4.79 Å². The summed E-state index contributed by atoms with van der Waals surface area (Å²) in [5.74, 6) is 0.569. The Balaban J connectivity index is 2.03. The second-order valence-electron chi connectivity index (χ2n) is 3.22. The van der Waals surface area contributed by atoms with Crippen LogP contribution in [-0.4, -0.2) is 18.5 Å². The first-order valence-corrected chi connectivity index (χ1v) is 5.64. The highest BCUT2D eigenvalue weighted by Gasteiger charge is 2.08. The summed E-state index contributed by atoms with van der Waals surface area (Å²) in [5, 5.41) is 0. The number of alkyl halides is 1. The van der Waals surface area contributed by atoms with Crippen LogP contribution in [0.1, 0.15) is 36.2 Å². The van der Waals surface area contributed by atoms with E-state index in [1.165, 1.54) is 6.26 Å². The number of hydrogen-bond donors (Lipinski definition) is 0. The van der Waals surface area contributed by atoms with E-state index in [2.05, 4.69) is 0 Å². The molecule has 0 aliphatic heterocycles. The molecular weight excluding hydrogens is 216 g/mol. The molecule has 84 valence electrons. The van der Waals surface area contributed by atoms with E-state index in [1.54, 1.807) is 12.1 Å². The summed E-state index contributed by atoms with van der Waals surface area (Å²) in [7, 11) is 0. The first-order valence-electron chi connectivity index (χ1n) is 5.11. The highest BCUT2D eigenvalue weighted by molar-refractivity contribution is 6.17. The summed E-state index contributed by atoms with van der Waals surface area (Å²) in [6.07, 6.45) is 5.48. The minimum Gasteiger partial charge on any atom is -0.460 e. The van der Waals surface area contributed by atoms with E-state index in [0.717, 1.165) is 25.7 Å². The number of hydrogen-bond acceptors (Lipinski definition) is 3. The molecule has 0 aromatic carbocycles. The van der Waals surface area contributed by atoms with Gasteiger partial charge in [0.15, 0.2) is 0 Å². The lowest BCUT2D eigenvalue weighted by atomic mass is 10.2. The van der Waals surface area contributed by atoms with E-state index < -0.39 is 5.97 Å². The molecule has 3 nitrogen and oxygen atoms in total. The second kappa shape index (κ2) is 7.35. The summed E-state index contributed by atoms with van der Waals surface area (Å²) in [5.41, 5.74) is 0. The fraction of sp³-hybridized carbons (Fsp3) is 0.545. The fourth-order valence-corrected chi connectivity index (χ4v) is 1.37. The highest BCUT2D eigenvalue weighted by atomic mass is 35.5. The van der Waals surface area contributed by atoms with Gasteiger partial charge in [-0.1, -0.05) is 12.8 Å². The lowest BCUT2D eigenvalue weighted by Crippen LogP contribution is -2.05. The van der Waals surface area contributed by atoms with Crippen LogP contribution < -0.4 is 0 Å². The van der Waals surface area contributed by atoms with E-state index >= 15 is 0 Å². The normalized spacial score (nSPS) is 10.2. The minimum absolute atomic E-state index is 0.260. The van der Waals surface area contributed by atoms with E-state index in [1.807, 2.05) is 0 Å². The largest absolute Gasteiger partial charge is 0.460 e. The topological polar surface area (TPSA) is 39.4 Å². The monoisotopic (exact) mass is 230 g/mol. The van der Waals surface area contributed by atoms with Crippen molar-refractivity contribution in [3.63, 3.8) is 0 Å². The van der Waals surface area contributed by atoms with Crippen LogP contribution in [-0.2, 0) is 4.74 Å². The predicted octanol–water partition coefficient (Wildman–Crippen LogP) is 3.24. The Morgan fingerprint density at radius 3 is 2.80 bits per heavy atom. The van der Waals surface area contributed by atoms with Crippen LogP contribution in [0.4, 0.5) is 0 Å². The Labute approximate surface area is 94.4 Å². The van der Waals surface area contributed by atoms with Crippen molar-refractivity contribution < 1.29 is 13.9 Å². The summed E-state index contributed by atoms with van der Waals surface area (Å²) in [6, 6.07) is 3.26. The number of esters is 1. The van der Waals surface area contributed by atoms with Crippen LogP contribution >= 0.6 is 11.6 Å². The molecule has 0 saturated heterocycles. The zero-order chi connectivity index (χ0) is 10.9. The summed E-state index contributed by atoms with van der Waals surface area (Å²) >= 11 is 5.53. The van der Waals surface area contributed by atoms with Crippen LogP contribution in [0.2, 0.25) is 0 Å². The number of rotatable bonds is 7. The maximum absolute atomic E-state index is 11.3. The van der Waals surface area contributed by atoms with Crippen molar-refractivity contribution in [1.82, 2.24) is 0 Å². The average molecular weight is 231 g/mol. The van der Waals surface area contributed by atoms with Gasteiger partial charge >= 0.3 is 5.97 Å². The van der Waals surface area contributed by atoms with Crippen molar-refractivity contribution >= 4 is 17.6 Å². The maximum atomic E-state index is 11.3. The van der Waals surface area contributed by atoms with Crippen molar-refractivity contribution in [1.29, 1.82) is 0 Å². The summed E-state index contributed by atoms with van der Waals surface area (Å²) in [4.78, 5) is 11.3. The Bertz CT molecular complexity index is 269. The molecule has 4 heteroatoms. The van der Waals surface area contributed by atoms with Crippen LogP contribution in [0, 0.1) is 0 Å². The Morgan fingerprint density at radius 2 is 2.13 bits per heavy atom. The van der Waals surface area contributed by atoms with Crippen molar-refractivity contribution in [2.45, 2.75) is 25.7 Å². The third-order valence-electron chi connectivity index (χ3n) is 1.98. The fourth-order valence-electron chi connectivity index (χ4n) is 1.18.